The topological polar surface area (TPSA) is 0 Å². The van der Waals surface area contributed by atoms with E-state index in [4.69, 9.17) is 0 Å². The van der Waals surface area contributed by atoms with Crippen molar-refractivity contribution < 1.29 is 0 Å². The van der Waals surface area contributed by atoms with E-state index in [1.165, 1.54) is 77.0 Å². The summed E-state index contributed by atoms with van der Waals surface area (Å²) in [6.07, 6.45) is 22.5. The Kier molecular flexibility index (Phi) is 15.5. The smallest absolute Gasteiger partial charge is 0.0351 e. The summed E-state index contributed by atoms with van der Waals surface area (Å²) in [6.45, 7) is 5.98. The summed E-state index contributed by atoms with van der Waals surface area (Å²) >= 11 is 0. The van der Waals surface area contributed by atoms with Gasteiger partial charge in [-0.2, -0.15) is 0 Å². The zero-order valence-corrected chi connectivity index (χ0v) is 12.1. The lowest BCUT2D eigenvalue weighted by Gasteiger charge is -2.02. The molecular weight excluding hydrogens is 204 g/mol. The molecule has 0 aliphatic rings. The van der Waals surface area contributed by atoms with Crippen LogP contribution in [0, 0.1) is 6.92 Å². The molecule has 0 fully saturated rings. The van der Waals surface area contributed by atoms with Gasteiger partial charge in [0, 0.05) is 0 Å². The second kappa shape index (κ2) is 15.7. The molecule has 0 rings (SSSR count). The summed E-state index contributed by atoms with van der Waals surface area (Å²) < 4.78 is 0. The first-order chi connectivity index (χ1) is 8.41. The molecule has 0 unspecified atom stereocenters. The number of allylic oxidation sites excluding steroid dienone is 2. The highest BCUT2D eigenvalue weighted by Crippen LogP contribution is 2.12. The number of hydrogen-bond donors (Lipinski definition) is 0. The van der Waals surface area contributed by atoms with Crippen LogP contribution in [0.4, 0.5) is 0 Å². The fraction of sp³-hybridized carbons (Fsp3) is 0.824. The quantitative estimate of drug-likeness (QED) is 0.254. The van der Waals surface area contributed by atoms with Crippen molar-refractivity contribution in [3.63, 3.8) is 0 Å². The molecule has 0 bridgehead atoms. The van der Waals surface area contributed by atoms with Crippen molar-refractivity contribution in [1.82, 2.24) is 0 Å². The van der Waals surface area contributed by atoms with Gasteiger partial charge in [-0.15, -0.1) is 0 Å². The third-order valence-electron chi connectivity index (χ3n) is 3.36. The summed E-state index contributed by atoms with van der Waals surface area (Å²) in [4.78, 5) is 0. The zero-order valence-electron chi connectivity index (χ0n) is 12.1. The molecular formula is C17H33. The molecule has 0 atom stereocenters. The van der Waals surface area contributed by atoms with E-state index in [0.29, 0.717) is 0 Å². The monoisotopic (exact) mass is 237 g/mol. The lowest BCUT2D eigenvalue weighted by atomic mass is 10.0. The van der Waals surface area contributed by atoms with E-state index in [1.807, 2.05) is 0 Å². The number of unbranched alkanes of at least 4 members (excludes halogenated alkanes) is 12. The summed E-state index contributed by atoms with van der Waals surface area (Å²) in [5, 5.41) is 0. The van der Waals surface area contributed by atoms with Crippen LogP contribution in [0.5, 0.6) is 0 Å². The van der Waals surface area contributed by atoms with Crippen molar-refractivity contribution in [2.45, 2.75) is 90.4 Å². The Hall–Kier alpha value is -0.260. The van der Waals surface area contributed by atoms with E-state index in [0.717, 1.165) is 6.42 Å². The van der Waals surface area contributed by atoms with E-state index in [-0.39, 0.29) is 0 Å². The molecule has 0 aromatic heterocycles. The Morgan fingerprint density at radius 1 is 0.647 bits per heavy atom. The Labute approximate surface area is 110 Å². The van der Waals surface area contributed by atoms with Crippen molar-refractivity contribution in [2.24, 2.45) is 0 Å². The predicted octanol–water partition coefficient (Wildman–Crippen LogP) is 6.47. The molecule has 0 heteroatoms. The molecule has 101 valence electrons. The maximum atomic E-state index is 3.88. The Balaban J connectivity index is 2.89. The molecule has 0 aliphatic heterocycles. The van der Waals surface area contributed by atoms with Crippen molar-refractivity contribution >= 4 is 0 Å². The van der Waals surface area contributed by atoms with Gasteiger partial charge in [-0.3, -0.25) is 0 Å². The Morgan fingerprint density at radius 3 is 1.47 bits per heavy atom. The van der Waals surface area contributed by atoms with Crippen LogP contribution >= 0.6 is 0 Å². The molecule has 0 nitrogen and oxygen atoms in total. The van der Waals surface area contributed by atoms with Crippen LogP contribution in [0.3, 0.4) is 0 Å². The van der Waals surface area contributed by atoms with Crippen molar-refractivity contribution in [1.29, 1.82) is 0 Å². The second-order valence-corrected chi connectivity index (χ2v) is 5.10. The van der Waals surface area contributed by atoms with Gasteiger partial charge in [-0.1, -0.05) is 89.7 Å². The molecule has 0 aliphatic carbocycles. The number of rotatable bonds is 13. The minimum Gasteiger partial charge on any atom is -0.0917 e. The largest absolute Gasteiger partial charge is 0.0917 e. The van der Waals surface area contributed by atoms with Gasteiger partial charge < -0.3 is 0 Å². The van der Waals surface area contributed by atoms with Gasteiger partial charge in [0.1, 0.15) is 0 Å². The molecule has 17 heavy (non-hydrogen) atoms. The molecule has 0 aromatic rings. The molecule has 0 N–H and O–H groups in total. The summed E-state index contributed by atoms with van der Waals surface area (Å²) in [5.74, 6) is 0. The molecule has 0 amide bonds. The highest BCUT2D eigenvalue weighted by molar-refractivity contribution is 4.76. The fourth-order valence-corrected chi connectivity index (χ4v) is 2.20. The van der Waals surface area contributed by atoms with Crippen LogP contribution in [-0.2, 0) is 0 Å². The summed E-state index contributed by atoms with van der Waals surface area (Å²) in [7, 11) is 0. The minimum absolute atomic E-state index is 1.12. The maximum Gasteiger partial charge on any atom is -0.0351 e. The lowest BCUT2D eigenvalue weighted by Crippen LogP contribution is -1.82. The first-order valence-electron chi connectivity index (χ1n) is 7.82. The van der Waals surface area contributed by atoms with E-state index in [2.05, 4.69) is 26.0 Å². The first-order valence-corrected chi connectivity index (χ1v) is 7.82. The van der Waals surface area contributed by atoms with Gasteiger partial charge in [-0.25, -0.2) is 0 Å². The molecule has 0 spiro atoms. The molecule has 0 heterocycles. The summed E-state index contributed by atoms with van der Waals surface area (Å²) in [6, 6.07) is 0. The molecule has 0 saturated heterocycles. The van der Waals surface area contributed by atoms with E-state index in [1.54, 1.807) is 0 Å². The van der Waals surface area contributed by atoms with E-state index < -0.39 is 0 Å². The number of hydrogen-bond acceptors (Lipinski definition) is 0. The van der Waals surface area contributed by atoms with Crippen LogP contribution in [0.1, 0.15) is 90.4 Å². The van der Waals surface area contributed by atoms with E-state index >= 15 is 0 Å². The lowest BCUT2D eigenvalue weighted by molar-refractivity contribution is 0.547. The highest BCUT2D eigenvalue weighted by Gasteiger charge is 1.92. The minimum atomic E-state index is 1.12. The average molecular weight is 237 g/mol. The maximum absolute atomic E-state index is 3.88. The van der Waals surface area contributed by atoms with Crippen LogP contribution in [0.2, 0.25) is 0 Å². The SMILES string of the molecule is [CH2]CCCCCCCCCCCCCC=CC. The third kappa shape index (κ3) is 15.7. The van der Waals surface area contributed by atoms with Gasteiger partial charge in [-0.05, 0) is 19.8 Å². The molecule has 1 radical (unpaired) electrons. The van der Waals surface area contributed by atoms with Gasteiger partial charge in [0.05, 0.1) is 0 Å². The summed E-state index contributed by atoms with van der Waals surface area (Å²) in [5.41, 5.74) is 0. The van der Waals surface area contributed by atoms with Gasteiger partial charge in [0.25, 0.3) is 0 Å². The van der Waals surface area contributed by atoms with Crippen LogP contribution in [-0.4, -0.2) is 0 Å². The fourth-order valence-electron chi connectivity index (χ4n) is 2.20. The first kappa shape index (κ1) is 16.7. The highest BCUT2D eigenvalue weighted by atomic mass is 14.0. The third-order valence-corrected chi connectivity index (χ3v) is 3.36. The van der Waals surface area contributed by atoms with Gasteiger partial charge >= 0.3 is 0 Å². The Morgan fingerprint density at radius 2 is 1.06 bits per heavy atom. The second-order valence-electron chi connectivity index (χ2n) is 5.10. The zero-order chi connectivity index (χ0) is 12.6. The van der Waals surface area contributed by atoms with E-state index in [9.17, 15) is 0 Å². The Bertz CT molecular complexity index is 146. The normalized spacial score (nSPS) is 11.4. The molecule has 0 saturated carbocycles. The van der Waals surface area contributed by atoms with Crippen LogP contribution in [0.15, 0.2) is 12.2 Å². The predicted molar refractivity (Wildman–Crippen MR) is 80.2 cm³/mol. The van der Waals surface area contributed by atoms with Crippen molar-refractivity contribution in [2.75, 3.05) is 0 Å². The molecule has 0 aromatic carbocycles. The van der Waals surface area contributed by atoms with Crippen LogP contribution in [0.25, 0.3) is 0 Å². The van der Waals surface area contributed by atoms with Crippen LogP contribution < -0.4 is 0 Å². The average Bonchev–Trinajstić information content (AvgIpc) is 2.35. The van der Waals surface area contributed by atoms with Crippen molar-refractivity contribution in [3.8, 4) is 0 Å². The van der Waals surface area contributed by atoms with Gasteiger partial charge in [0.2, 0.25) is 0 Å². The van der Waals surface area contributed by atoms with Crippen molar-refractivity contribution in [3.05, 3.63) is 19.1 Å². The standard InChI is InChI=1S/C17H33/c1-3-5-7-9-11-13-15-17-16-14-12-10-8-6-4-2/h4,6H,1,3,5,7-17H2,2H3. The van der Waals surface area contributed by atoms with Gasteiger partial charge in [0.15, 0.2) is 0 Å².